The molecule has 0 saturated carbocycles. The van der Waals surface area contributed by atoms with E-state index in [-0.39, 0.29) is 59.5 Å². The van der Waals surface area contributed by atoms with Gasteiger partial charge in [-0.1, -0.05) is 12.8 Å². The molecule has 1 saturated heterocycles. The molecule has 4 nitrogen and oxygen atoms in total. The molecular weight excluding hydrogens is 466 g/mol. The summed E-state index contributed by atoms with van der Waals surface area (Å²) in [4.78, 5) is 0. The molecule has 0 bridgehead atoms. The van der Waals surface area contributed by atoms with E-state index in [0.29, 0.717) is 0 Å². The fourth-order valence-electron chi connectivity index (χ4n) is 1.80. The minimum atomic E-state index is -7.00. The standard InChI is InChI=1S/C12H27N4.3CH3.3ClH.4FH.Ti/c1-5-13-7-2-9-15-11-4-12-16-10-3-8-14-6-1;;;;;;;;;;;/h13-15H,1-12H2;3*1H3;7*1H;/q4*-1;;;;;;;;+4/p-4. The number of halogens is 7. The Balaban J connectivity index is -0.0000000655. The number of hydrogen-bond donors (Lipinski definition) is 3. The van der Waals surface area contributed by atoms with Crippen LogP contribution in [0.2, 0.25) is 0 Å². The number of nitrogens with zero attached hydrogens (tertiary/aromatic N) is 1. The molecule has 0 unspecified atom stereocenters. The Labute approximate surface area is 189 Å². The molecule has 1 aliphatic heterocycles. The van der Waals surface area contributed by atoms with Gasteiger partial charge in [-0.25, -0.2) is 0 Å². The molecule has 1 heterocycles. The second kappa shape index (κ2) is 34.6. The molecule has 12 heteroatoms. The molecule has 1 rings (SSSR count). The van der Waals surface area contributed by atoms with E-state index >= 15 is 0 Å². The van der Waals surface area contributed by atoms with Crippen LogP contribution in [0.15, 0.2) is 0 Å². The zero-order valence-electron chi connectivity index (χ0n) is 16.7. The maximum atomic E-state index is 9.88. The summed E-state index contributed by atoms with van der Waals surface area (Å²) in [5, 5.41) is 14.9. The average Bonchev–Trinajstić information content (AvgIpc) is 2.37. The van der Waals surface area contributed by atoms with Gasteiger partial charge in [-0.05, 0) is 52.1 Å². The van der Waals surface area contributed by atoms with Gasteiger partial charge < -0.3 is 43.5 Å². The summed E-state index contributed by atoms with van der Waals surface area (Å²) in [7, 11) is 0. The molecule has 0 radical (unpaired) electrons. The van der Waals surface area contributed by atoms with Gasteiger partial charge in [0.2, 0.25) is 0 Å². The Morgan fingerprint density at radius 2 is 0.741 bits per heavy atom. The van der Waals surface area contributed by atoms with Crippen LogP contribution in [0.4, 0.5) is 12.4 Å². The Kier molecular flexibility index (Phi) is 59.5. The second-order valence-corrected chi connectivity index (χ2v) is 6.10. The van der Waals surface area contributed by atoms with Crippen LogP contribution < -0.4 is 16.0 Å². The molecule has 3 N–H and O–H groups in total. The van der Waals surface area contributed by atoms with Crippen LogP contribution >= 0.6 is 37.2 Å². The van der Waals surface area contributed by atoms with E-state index in [0.717, 1.165) is 52.4 Å². The molecule has 0 spiro atoms. The summed E-state index contributed by atoms with van der Waals surface area (Å²) >= 11 is -7.00. The zero-order chi connectivity index (χ0) is 15.8. The van der Waals surface area contributed by atoms with Crippen molar-refractivity contribution in [1.82, 2.24) is 16.0 Å². The van der Waals surface area contributed by atoms with Crippen molar-refractivity contribution in [3.8, 4) is 0 Å². The van der Waals surface area contributed by atoms with E-state index in [2.05, 4.69) is 21.3 Å². The predicted molar refractivity (Wildman–Crippen MR) is 116 cm³/mol. The summed E-state index contributed by atoms with van der Waals surface area (Å²) in [6.07, 6.45) is 4.82. The number of hydrogen-bond acceptors (Lipinski definition) is 3. The van der Waals surface area contributed by atoms with Gasteiger partial charge in [0.25, 0.3) is 0 Å². The van der Waals surface area contributed by atoms with Gasteiger partial charge in [0.15, 0.2) is 0 Å². The third kappa shape index (κ3) is 58.4. The van der Waals surface area contributed by atoms with Crippen LogP contribution in [0.5, 0.6) is 0 Å². The first kappa shape index (κ1) is 46.4. The zero-order valence-corrected chi connectivity index (χ0v) is 20.7. The Morgan fingerprint density at radius 1 is 0.519 bits per heavy atom. The maximum absolute atomic E-state index is 9.88. The van der Waals surface area contributed by atoms with Crippen molar-refractivity contribution < 1.29 is 31.1 Å². The van der Waals surface area contributed by atoms with Crippen LogP contribution in [0, 0.1) is 22.3 Å². The summed E-state index contributed by atoms with van der Waals surface area (Å²) in [5.74, 6) is 0. The van der Waals surface area contributed by atoms with Crippen molar-refractivity contribution in [2.75, 3.05) is 52.4 Å². The average molecular weight is 506 g/mol. The topological polar surface area (TPSA) is 50.2 Å². The van der Waals surface area contributed by atoms with E-state index in [1.54, 1.807) is 0 Å². The van der Waals surface area contributed by atoms with Gasteiger partial charge in [0.05, 0.1) is 0 Å². The molecule has 27 heavy (non-hydrogen) atoms. The minimum absolute atomic E-state index is 0. The Bertz CT molecular complexity index is 166. The first-order chi connectivity index (χ1) is 10.0. The molecule has 1 fully saturated rings. The Hall–Kier alpha value is 1.14. The van der Waals surface area contributed by atoms with E-state index in [9.17, 15) is 12.4 Å². The first-order valence-electron chi connectivity index (χ1n) is 7.51. The normalized spacial score (nSPS) is 16.4. The van der Waals surface area contributed by atoms with Crippen molar-refractivity contribution in [1.29, 1.82) is 0 Å². The summed E-state index contributed by atoms with van der Waals surface area (Å²) in [5.41, 5.74) is 0. The fraction of sp³-hybridized carbons (Fsp3) is 0.800. The van der Waals surface area contributed by atoms with E-state index < -0.39 is 18.7 Å². The predicted octanol–water partition coefficient (Wildman–Crippen LogP) is 5.00. The molecule has 0 aromatic heterocycles. The van der Waals surface area contributed by atoms with Gasteiger partial charge in [-0.15, -0.1) is 50.3 Å². The van der Waals surface area contributed by atoms with E-state index in [1.807, 2.05) is 0 Å². The van der Waals surface area contributed by atoms with Crippen molar-refractivity contribution >= 4 is 37.2 Å². The van der Waals surface area contributed by atoms with Gasteiger partial charge in [-0.3, -0.25) is 0 Å². The van der Waals surface area contributed by atoms with Crippen LogP contribution in [0.3, 0.4) is 0 Å². The summed E-state index contributed by atoms with van der Waals surface area (Å²) < 4.78 is 39.5. The van der Waals surface area contributed by atoms with E-state index in [4.69, 9.17) is 0 Å². The molecule has 0 aliphatic carbocycles. The monoisotopic (exact) mass is 504 g/mol. The van der Waals surface area contributed by atoms with Crippen LogP contribution in [-0.4, -0.2) is 52.4 Å². The van der Waals surface area contributed by atoms with Crippen molar-refractivity contribution in [3.63, 3.8) is 0 Å². The van der Waals surface area contributed by atoms with Gasteiger partial charge in [-0.2, -0.15) is 0 Å². The first-order valence-corrected chi connectivity index (χ1v) is 9.87. The van der Waals surface area contributed by atoms with Gasteiger partial charge in [0, 0.05) is 0 Å². The molecule has 0 amide bonds. The molecule has 176 valence electrons. The quantitative estimate of drug-likeness (QED) is 0.247. The molecule has 0 atom stereocenters. The van der Waals surface area contributed by atoms with Crippen LogP contribution in [0.25, 0.3) is 5.32 Å². The number of nitrogens with one attached hydrogen (secondary N) is 3. The van der Waals surface area contributed by atoms with Crippen molar-refractivity contribution in [3.05, 3.63) is 27.6 Å². The van der Waals surface area contributed by atoms with Crippen molar-refractivity contribution in [2.45, 2.75) is 25.7 Å². The molecular formula is C15H39Cl3F4N4Ti-4. The molecule has 1 aliphatic rings. The number of rotatable bonds is 0. The van der Waals surface area contributed by atoms with Crippen molar-refractivity contribution in [2.24, 2.45) is 0 Å². The third-order valence-electron chi connectivity index (χ3n) is 2.75. The molecule has 0 aromatic rings. The molecule has 0 aromatic carbocycles. The Morgan fingerprint density at radius 3 is 1.00 bits per heavy atom. The second-order valence-electron chi connectivity index (χ2n) is 4.76. The third-order valence-corrected chi connectivity index (χ3v) is 2.75. The summed E-state index contributed by atoms with van der Waals surface area (Å²) in [6.45, 7) is 8.80. The summed E-state index contributed by atoms with van der Waals surface area (Å²) in [6, 6.07) is 0. The van der Waals surface area contributed by atoms with Gasteiger partial charge in [0.1, 0.15) is 0 Å². The SMILES string of the molecule is C1C[N-]CCCNCCCNCCCNC1.Cl.Cl.Cl.[CH3-].[CH3-].[CH3-].[F][Ti]([F])([F])[F]. The van der Waals surface area contributed by atoms with Gasteiger partial charge >= 0.3 is 31.1 Å². The van der Waals surface area contributed by atoms with Crippen LogP contribution in [0.1, 0.15) is 25.7 Å². The van der Waals surface area contributed by atoms with E-state index in [1.165, 1.54) is 25.7 Å². The fourth-order valence-corrected chi connectivity index (χ4v) is 1.80. The van der Waals surface area contributed by atoms with Crippen LogP contribution in [-0.2, 0) is 18.7 Å².